The van der Waals surface area contributed by atoms with Crippen molar-refractivity contribution in [1.29, 1.82) is 0 Å². The molecular formula is C20H23ClFN3O3. The second-order valence-electron chi connectivity index (χ2n) is 6.43. The molecule has 1 fully saturated rings. The molecular weight excluding hydrogens is 385 g/mol. The Hall–Kier alpha value is -2.64. The lowest BCUT2D eigenvalue weighted by Crippen LogP contribution is -2.27. The van der Waals surface area contributed by atoms with Crippen molar-refractivity contribution in [1.82, 2.24) is 5.32 Å². The van der Waals surface area contributed by atoms with Crippen LogP contribution < -0.4 is 20.7 Å². The molecule has 8 heteroatoms. The maximum absolute atomic E-state index is 13.3. The third kappa shape index (κ3) is 5.68. The minimum Gasteiger partial charge on any atom is -0.495 e. The summed E-state index contributed by atoms with van der Waals surface area (Å²) in [5.74, 6) is -0.611. The van der Waals surface area contributed by atoms with E-state index in [4.69, 9.17) is 4.74 Å². The van der Waals surface area contributed by atoms with E-state index in [9.17, 15) is 14.0 Å². The van der Waals surface area contributed by atoms with Gasteiger partial charge in [-0.3, -0.25) is 9.59 Å². The van der Waals surface area contributed by atoms with Crippen LogP contribution >= 0.6 is 12.4 Å². The lowest BCUT2D eigenvalue weighted by atomic mass is 10.1. The molecule has 0 spiro atoms. The van der Waals surface area contributed by atoms with Gasteiger partial charge < -0.3 is 20.7 Å². The third-order valence-corrected chi connectivity index (χ3v) is 4.41. The summed E-state index contributed by atoms with van der Waals surface area (Å²) in [4.78, 5) is 24.6. The lowest BCUT2D eigenvalue weighted by molar-refractivity contribution is -0.116. The molecule has 1 heterocycles. The van der Waals surface area contributed by atoms with Crippen LogP contribution in [-0.2, 0) is 4.79 Å². The molecule has 0 aromatic heterocycles. The largest absolute Gasteiger partial charge is 0.495 e. The Morgan fingerprint density at radius 3 is 2.71 bits per heavy atom. The first-order valence-electron chi connectivity index (χ1n) is 8.83. The standard InChI is InChI=1S/C20H22FN3O3.ClH/c1-27-18-8-7-16(23-19(25)12-15-6-3-9-22-15)11-17(18)24-20(26)13-4-2-5-14(21)10-13;/h2,4-5,7-8,10-11,15,22H,3,6,9,12H2,1H3,(H,23,25)(H,24,26);1H. The number of amides is 2. The van der Waals surface area contributed by atoms with Crippen LogP contribution in [0.15, 0.2) is 42.5 Å². The molecule has 0 aliphatic carbocycles. The van der Waals surface area contributed by atoms with Crippen molar-refractivity contribution in [3.8, 4) is 5.75 Å². The minimum atomic E-state index is -0.490. The molecule has 2 aromatic rings. The highest BCUT2D eigenvalue weighted by molar-refractivity contribution is 6.05. The number of ether oxygens (including phenoxy) is 1. The molecule has 6 nitrogen and oxygen atoms in total. The molecule has 0 bridgehead atoms. The van der Waals surface area contributed by atoms with Gasteiger partial charge in [0.05, 0.1) is 12.8 Å². The Balaban J connectivity index is 0.00000280. The summed E-state index contributed by atoms with van der Waals surface area (Å²) < 4.78 is 18.6. The van der Waals surface area contributed by atoms with Gasteiger partial charge in [0.15, 0.2) is 0 Å². The second-order valence-corrected chi connectivity index (χ2v) is 6.43. The highest BCUT2D eigenvalue weighted by Crippen LogP contribution is 2.28. The van der Waals surface area contributed by atoms with E-state index in [0.717, 1.165) is 25.5 Å². The number of carbonyl (C=O) groups is 2. The predicted molar refractivity (Wildman–Crippen MR) is 109 cm³/mol. The van der Waals surface area contributed by atoms with E-state index in [0.29, 0.717) is 23.5 Å². The molecule has 1 saturated heterocycles. The van der Waals surface area contributed by atoms with Crippen LogP contribution in [-0.4, -0.2) is 31.5 Å². The fraction of sp³-hybridized carbons (Fsp3) is 0.300. The van der Waals surface area contributed by atoms with Crippen LogP contribution in [0.1, 0.15) is 29.6 Å². The van der Waals surface area contributed by atoms with E-state index in [1.165, 1.54) is 25.3 Å². The van der Waals surface area contributed by atoms with E-state index >= 15 is 0 Å². The Kier molecular flexibility index (Phi) is 7.78. The van der Waals surface area contributed by atoms with E-state index < -0.39 is 11.7 Å². The summed E-state index contributed by atoms with van der Waals surface area (Å²) >= 11 is 0. The van der Waals surface area contributed by atoms with Crippen molar-refractivity contribution in [2.45, 2.75) is 25.3 Å². The lowest BCUT2D eigenvalue weighted by Gasteiger charge is -2.14. The molecule has 3 rings (SSSR count). The van der Waals surface area contributed by atoms with Crippen LogP contribution in [0.5, 0.6) is 5.75 Å². The fourth-order valence-corrected chi connectivity index (χ4v) is 3.07. The van der Waals surface area contributed by atoms with E-state index in [2.05, 4.69) is 16.0 Å². The quantitative estimate of drug-likeness (QED) is 0.683. The third-order valence-electron chi connectivity index (χ3n) is 4.41. The summed E-state index contributed by atoms with van der Waals surface area (Å²) in [5, 5.41) is 8.82. The second kappa shape index (κ2) is 10.1. The average molecular weight is 408 g/mol. The first-order valence-corrected chi connectivity index (χ1v) is 8.83. The maximum Gasteiger partial charge on any atom is 0.255 e. The Morgan fingerprint density at radius 2 is 2.04 bits per heavy atom. The number of carbonyl (C=O) groups excluding carboxylic acids is 2. The zero-order valence-electron chi connectivity index (χ0n) is 15.5. The predicted octanol–water partition coefficient (Wildman–Crippen LogP) is 3.59. The van der Waals surface area contributed by atoms with Crippen LogP contribution in [0.4, 0.5) is 15.8 Å². The molecule has 2 amide bonds. The van der Waals surface area contributed by atoms with Gasteiger partial charge in [-0.2, -0.15) is 0 Å². The Bertz CT molecular complexity index is 841. The molecule has 2 aromatic carbocycles. The molecule has 1 unspecified atom stereocenters. The SMILES string of the molecule is COc1ccc(NC(=O)CC2CCCN2)cc1NC(=O)c1cccc(F)c1.Cl. The van der Waals surface area contributed by atoms with Crippen LogP contribution in [0, 0.1) is 5.82 Å². The van der Waals surface area contributed by atoms with Gasteiger partial charge in [0, 0.05) is 23.7 Å². The van der Waals surface area contributed by atoms with E-state index in [-0.39, 0.29) is 29.9 Å². The van der Waals surface area contributed by atoms with E-state index in [1.807, 2.05) is 0 Å². The van der Waals surface area contributed by atoms with Gasteiger partial charge in [0.25, 0.3) is 5.91 Å². The topological polar surface area (TPSA) is 79.5 Å². The highest BCUT2D eigenvalue weighted by atomic mass is 35.5. The molecule has 28 heavy (non-hydrogen) atoms. The van der Waals surface area contributed by atoms with E-state index in [1.54, 1.807) is 18.2 Å². The summed E-state index contributed by atoms with van der Waals surface area (Å²) in [6.07, 6.45) is 2.47. The van der Waals surface area contributed by atoms with Crippen molar-refractivity contribution >= 4 is 35.6 Å². The zero-order chi connectivity index (χ0) is 19.2. The average Bonchev–Trinajstić information content (AvgIpc) is 3.14. The summed E-state index contributed by atoms with van der Waals surface area (Å²) in [7, 11) is 1.48. The Morgan fingerprint density at radius 1 is 1.21 bits per heavy atom. The van der Waals surface area contributed by atoms with Crippen molar-refractivity contribution < 1.29 is 18.7 Å². The van der Waals surface area contributed by atoms with Crippen molar-refractivity contribution in [3.05, 3.63) is 53.8 Å². The van der Waals surface area contributed by atoms with Crippen LogP contribution in [0.3, 0.4) is 0 Å². The molecule has 0 saturated carbocycles. The summed E-state index contributed by atoms with van der Waals surface area (Å²) in [5.41, 5.74) is 1.13. The first-order chi connectivity index (χ1) is 13.0. The van der Waals surface area contributed by atoms with Gasteiger partial charge in [-0.25, -0.2) is 4.39 Å². The smallest absolute Gasteiger partial charge is 0.255 e. The van der Waals surface area contributed by atoms with Crippen LogP contribution in [0.25, 0.3) is 0 Å². The van der Waals surface area contributed by atoms with Gasteiger partial charge in [-0.05, 0) is 55.8 Å². The minimum absolute atomic E-state index is 0. The highest BCUT2D eigenvalue weighted by Gasteiger charge is 2.18. The summed E-state index contributed by atoms with van der Waals surface area (Å²) in [6.45, 7) is 0.941. The number of hydrogen-bond acceptors (Lipinski definition) is 4. The number of halogens is 2. The van der Waals surface area contributed by atoms with Gasteiger partial charge in [-0.15, -0.1) is 12.4 Å². The number of hydrogen-bond donors (Lipinski definition) is 3. The van der Waals surface area contributed by atoms with Gasteiger partial charge in [0.2, 0.25) is 5.91 Å². The number of anilines is 2. The number of nitrogens with one attached hydrogen (secondary N) is 3. The van der Waals surface area contributed by atoms with Crippen LogP contribution in [0.2, 0.25) is 0 Å². The van der Waals surface area contributed by atoms with Gasteiger partial charge >= 0.3 is 0 Å². The summed E-state index contributed by atoms with van der Waals surface area (Å²) in [6, 6.07) is 10.6. The zero-order valence-corrected chi connectivity index (χ0v) is 16.3. The number of benzene rings is 2. The maximum atomic E-state index is 13.3. The fourth-order valence-electron chi connectivity index (χ4n) is 3.07. The normalized spacial score (nSPS) is 15.4. The monoisotopic (exact) mass is 407 g/mol. The molecule has 3 N–H and O–H groups in total. The number of methoxy groups -OCH3 is 1. The molecule has 150 valence electrons. The number of rotatable bonds is 6. The Labute approximate surface area is 169 Å². The van der Waals surface area contributed by atoms with Crippen molar-refractivity contribution in [3.63, 3.8) is 0 Å². The molecule has 1 aliphatic rings. The molecule has 1 aliphatic heterocycles. The first kappa shape index (κ1) is 21.7. The molecule has 0 radical (unpaired) electrons. The molecule has 1 atom stereocenters. The van der Waals surface area contributed by atoms with Gasteiger partial charge in [-0.1, -0.05) is 6.07 Å². The van der Waals surface area contributed by atoms with Gasteiger partial charge in [0.1, 0.15) is 11.6 Å². The van der Waals surface area contributed by atoms with Crippen molar-refractivity contribution in [2.24, 2.45) is 0 Å². The van der Waals surface area contributed by atoms with Crippen molar-refractivity contribution in [2.75, 3.05) is 24.3 Å².